The first-order chi connectivity index (χ1) is 9.43. The first kappa shape index (κ1) is 14.5. The largest absolute Gasteiger partial charge is 0.480 e. The molecule has 0 saturated carbocycles. The number of carboxylic acids is 1. The van der Waals surface area contributed by atoms with E-state index in [-0.39, 0.29) is 6.61 Å². The van der Waals surface area contributed by atoms with Gasteiger partial charge in [0.1, 0.15) is 4.83 Å². The number of thiophene rings is 1. The molecule has 0 aliphatic rings. The number of amides is 1. The smallest absolute Gasteiger partial charge is 0.328 e. The highest BCUT2D eigenvalue weighted by molar-refractivity contribution is 7.20. The van der Waals surface area contributed by atoms with Crippen molar-refractivity contribution in [3.63, 3.8) is 0 Å². The van der Waals surface area contributed by atoms with Gasteiger partial charge in [-0.3, -0.25) is 9.48 Å². The second-order valence-electron chi connectivity index (χ2n) is 4.36. The summed E-state index contributed by atoms with van der Waals surface area (Å²) in [5.74, 6) is -1.55. The van der Waals surface area contributed by atoms with Gasteiger partial charge in [0.25, 0.3) is 5.91 Å². The number of hydrogen-bond acceptors (Lipinski definition) is 5. The Kier molecular flexibility index (Phi) is 4.05. The van der Waals surface area contributed by atoms with E-state index in [1.807, 2.05) is 6.92 Å². The van der Waals surface area contributed by atoms with E-state index < -0.39 is 17.9 Å². The van der Waals surface area contributed by atoms with Crippen molar-refractivity contribution in [2.75, 3.05) is 13.7 Å². The summed E-state index contributed by atoms with van der Waals surface area (Å²) in [6.07, 6.45) is 0. The van der Waals surface area contributed by atoms with E-state index >= 15 is 0 Å². The summed E-state index contributed by atoms with van der Waals surface area (Å²) in [6.45, 7) is 1.79. The van der Waals surface area contributed by atoms with Crippen LogP contribution in [0.4, 0.5) is 0 Å². The van der Waals surface area contributed by atoms with Crippen molar-refractivity contribution in [3.05, 3.63) is 16.6 Å². The fourth-order valence-electron chi connectivity index (χ4n) is 1.89. The molecule has 2 aromatic rings. The number of carbonyl (C=O) groups is 2. The fraction of sp³-hybridized carbons (Fsp3) is 0.417. The van der Waals surface area contributed by atoms with E-state index in [2.05, 4.69) is 10.4 Å². The molecular formula is C12H15N3O4S. The van der Waals surface area contributed by atoms with Gasteiger partial charge in [-0.15, -0.1) is 11.3 Å². The van der Waals surface area contributed by atoms with Crippen molar-refractivity contribution in [1.29, 1.82) is 0 Å². The first-order valence-corrected chi connectivity index (χ1v) is 6.71. The van der Waals surface area contributed by atoms with Crippen molar-refractivity contribution in [1.82, 2.24) is 15.1 Å². The Hall–Kier alpha value is -1.93. The number of carbonyl (C=O) groups excluding carboxylic acids is 1. The Morgan fingerprint density at radius 1 is 1.60 bits per heavy atom. The van der Waals surface area contributed by atoms with Crippen LogP contribution < -0.4 is 5.32 Å². The van der Waals surface area contributed by atoms with E-state index in [4.69, 9.17) is 9.84 Å². The topological polar surface area (TPSA) is 93.5 Å². The molecule has 0 fully saturated rings. The Morgan fingerprint density at radius 2 is 2.30 bits per heavy atom. The van der Waals surface area contributed by atoms with Crippen LogP contribution in [-0.2, 0) is 16.6 Å². The quantitative estimate of drug-likeness (QED) is 0.850. The summed E-state index contributed by atoms with van der Waals surface area (Å²) in [6, 6.07) is 0.667. The van der Waals surface area contributed by atoms with Crippen molar-refractivity contribution in [3.8, 4) is 0 Å². The van der Waals surface area contributed by atoms with Crippen molar-refractivity contribution < 1.29 is 19.4 Å². The number of nitrogens with zero attached hydrogens (tertiary/aromatic N) is 2. The highest BCUT2D eigenvalue weighted by Crippen LogP contribution is 2.27. The predicted octanol–water partition coefficient (Wildman–Crippen LogP) is 0.773. The molecule has 2 aromatic heterocycles. The van der Waals surface area contributed by atoms with Crippen LogP contribution in [0.15, 0.2) is 6.07 Å². The van der Waals surface area contributed by atoms with Crippen LogP contribution in [0.1, 0.15) is 15.4 Å². The molecule has 2 N–H and O–H groups in total. The lowest BCUT2D eigenvalue weighted by Gasteiger charge is -2.12. The van der Waals surface area contributed by atoms with E-state index in [0.29, 0.717) is 4.88 Å². The van der Waals surface area contributed by atoms with Gasteiger partial charge in [-0.05, 0) is 13.0 Å². The summed E-state index contributed by atoms with van der Waals surface area (Å²) in [5.41, 5.74) is 0.837. The number of methoxy groups -OCH3 is 1. The van der Waals surface area contributed by atoms with Crippen LogP contribution in [0.2, 0.25) is 0 Å². The molecule has 0 spiro atoms. The van der Waals surface area contributed by atoms with Gasteiger partial charge in [0.2, 0.25) is 0 Å². The zero-order valence-corrected chi connectivity index (χ0v) is 12.2. The number of ether oxygens (including phenoxy) is 1. The minimum atomic E-state index is -1.13. The zero-order valence-electron chi connectivity index (χ0n) is 11.3. The maximum Gasteiger partial charge on any atom is 0.328 e. The average Bonchev–Trinajstić information content (AvgIpc) is 2.91. The molecule has 1 atom stereocenters. The van der Waals surface area contributed by atoms with E-state index in [1.54, 1.807) is 17.8 Å². The summed E-state index contributed by atoms with van der Waals surface area (Å²) in [5, 5.41) is 16.6. The van der Waals surface area contributed by atoms with Crippen LogP contribution in [0.5, 0.6) is 0 Å². The van der Waals surface area contributed by atoms with E-state index in [1.165, 1.54) is 18.4 Å². The second-order valence-corrected chi connectivity index (χ2v) is 5.39. The standard InChI is InChI=1S/C12H15N3O4S/c1-6-7-4-9(20-11(7)15(2)14-6)10(16)13-8(5-19-3)12(17)18/h4,8H,5H2,1-3H3,(H,13,16)(H,17,18). The fourth-order valence-corrected chi connectivity index (χ4v) is 2.91. The predicted molar refractivity (Wildman–Crippen MR) is 74.1 cm³/mol. The van der Waals surface area contributed by atoms with Gasteiger partial charge in [-0.2, -0.15) is 5.10 Å². The van der Waals surface area contributed by atoms with Crippen LogP contribution in [0.3, 0.4) is 0 Å². The Morgan fingerprint density at radius 3 is 2.85 bits per heavy atom. The highest BCUT2D eigenvalue weighted by atomic mass is 32.1. The number of hydrogen-bond donors (Lipinski definition) is 2. The van der Waals surface area contributed by atoms with Crippen LogP contribution >= 0.6 is 11.3 Å². The molecule has 108 valence electrons. The Balaban J connectivity index is 2.22. The zero-order chi connectivity index (χ0) is 14.9. The molecule has 0 bridgehead atoms. The van der Waals surface area contributed by atoms with Crippen LogP contribution in [0.25, 0.3) is 10.2 Å². The first-order valence-electron chi connectivity index (χ1n) is 5.89. The lowest BCUT2D eigenvalue weighted by atomic mass is 10.2. The van der Waals surface area contributed by atoms with Gasteiger partial charge >= 0.3 is 5.97 Å². The average molecular weight is 297 g/mol. The maximum absolute atomic E-state index is 12.1. The minimum Gasteiger partial charge on any atom is -0.480 e. The van der Waals surface area contributed by atoms with Crippen molar-refractivity contribution >= 4 is 33.4 Å². The Labute approximate surface area is 119 Å². The van der Waals surface area contributed by atoms with Gasteiger partial charge in [0.15, 0.2) is 6.04 Å². The molecule has 0 aliphatic heterocycles. The van der Waals surface area contributed by atoms with Crippen LogP contribution in [-0.4, -0.2) is 46.5 Å². The van der Waals surface area contributed by atoms with E-state index in [0.717, 1.165) is 15.9 Å². The number of aromatic nitrogens is 2. The summed E-state index contributed by atoms with van der Waals surface area (Å²) < 4.78 is 6.48. The van der Waals surface area contributed by atoms with Gasteiger partial charge < -0.3 is 15.2 Å². The van der Waals surface area contributed by atoms with Gasteiger partial charge in [0, 0.05) is 19.5 Å². The highest BCUT2D eigenvalue weighted by Gasteiger charge is 2.22. The third-order valence-electron chi connectivity index (χ3n) is 2.86. The number of aliphatic carboxylic acids is 1. The number of rotatable bonds is 5. The molecule has 1 unspecified atom stereocenters. The molecule has 2 rings (SSSR count). The third kappa shape index (κ3) is 2.66. The number of fused-ring (bicyclic) bond motifs is 1. The number of carboxylic acid groups (broad SMARTS) is 1. The van der Waals surface area contributed by atoms with Gasteiger partial charge in [0.05, 0.1) is 17.2 Å². The maximum atomic E-state index is 12.1. The van der Waals surface area contributed by atoms with E-state index in [9.17, 15) is 9.59 Å². The minimum absolute atomic E-state index is 0.0768. The monoisotopic (exact) mass is 297 g/mol. The SMILES string of the molecule is COCC(NC(=O)c1cc2c(C)nn(C)c2s1)C(=O)O. The normalized spacial score (nSPS) is 12.6. The molecule has 7 nitrogen and oxygen atoms in total. The molecule has 2 heterocycles. The lowest BCUT2D eigenvalue weighted by molar-refractivity contribution is -0.140. The van der Waals surface area contributed by atoms with Gasteiger partial charge in [-0.1, -0.05) is 0 Å². The number of nitrogens with one attached hydrogen (secondary N) is 1. The molecular weight excluding hydrogens is 282 g/mol. The molecule has 0 aliphatic carbocycles. The molecule has 1 amide bonds. The summed E-state index contributed by atoms with van der Waals surface area (Å²) in [7, 11) is 3.19. The third-order valence-corrected chi connectivity index (χ3v) is 4.06. The van der Waals surface area contributed by atoms with Crippen molar-refractivity contribution in [2.24, 2.45) is 7.05 Å². The van der Waals surface area contributed by atoms with Gasteiger partial charge in [-0.25, -0.2) is 4.79 Å². The molecule has 8 heteroatoms. The summed E-state index contributed by atoms with van der Waals surface area (Å²) >= 11 is 1.28. The molecule has 0 aromatic carbocycles. The molecule has 20 heavy (non-hydrogen) atoms. The number of aryl methyl sites for hydroxylation is 2. The van der Waals surface area contributed by atoms with Crippen LogP contribution in [0, 0.1) is 6.92 Å². The molecule has 0 radical (unpaired) electrons. The summed E-state index contributed by atoms with van der Waals surface area (Å²) in [4.78, 5) is 24.4. The molecule has 0 saturated heterocycles. The Bertz CT molecular complexity index is 626. The second kappa shape index (κ2) is 5.59. The van der Waals surface area contributed by atoms with Crippen molar-refractivity contribution in [2.45, 2.75) is 13.0 Å². The lowest BCUT2D eigenvalue weighted by Crippen LogP contribution is -2.43.